The zero-order valence-corrected chi connectivity index (χ0v) is 17.1. The average molecular weight is 416 g/mol. The van der Waals surface area contributed by atoms with Crippen molar-refractivity contribution in [3.05, 3.63) is 46.7 Å². The molecule has 1 N–H and O–H groups in total. The van der Waals surface area contributed by atoms with Gasteiger partial charge >= 0.3 is 0 Å². The molecule has 0 saturated carbocycles. The van der Waals surface area contributed by atoms with Crippen molar-refractivity contribution in [1.29, 1.82) is 0 Å². The highest BCUT2D eigenvalue weighted by molar-refractivity contribution is 7.73. The fourth-order valence-corrected chi connectivity index (χ4v) is 4.05. The second kappa shape index (κ2) is 8.63. The normalized spacial score (nSPS) is 14.8. The van der Waals surface area contributed by atoms with E-state index in [-0.39, 0.29) is 0 Å². The van der Waals surface area contributed by atoms with Crippen LogP contribution in [0.15, 0.2) is 42.7 Å². The molecule has 3 aromatic rings. The predicted octanol–water partition coefficient (Wildman–Crippen LogP) is 3.00. The molecule has 4 rings (SSSR count). The molecule has 0 aliphatic carbocycles. The number of nitrogens with zero attached hydrogens (tertiary/aromatic N) is 6. The highest BCUT2D eigenvalue weighted by Gasteiger charge is 2.19. The zero-order valence-electron chi connectivity index (χ0n) is 15.5. The molecule has 0 amide bonds. The van der Waals surface area contributed by atoms with Gasteiger partial charge in [-0.3, -0.25) is 4.90 Å². The molecule has 0 atom stereocenters. The third-order valence-corrected chi connectivity index (χ3v) is 5.72. The van der Waals surface area contributed by atoms with E-state index in [0.717, 1.165) is 52.7 Å². The first kappa shape index (κ1) is 18.8. The van der Waals surface area contributed by atoms with E-state index in [9.17, 15) is 0 Å². The van der Waals surface area contributed by atoms with Crippen molar-refractivity contribution in [3.63, 3.8) is 0 Å². The van der Waals surface area contributed by atoms with Gasteiger partial charge in [0, 0.05) is 38.6 Å². The van der Waals surface area contributed by atoms with Crippen LogP contribution in [-0.4, -0.2) is 57.9 Å². The Hall–Kier alpha value is -2.56. The number of benzene rings is 1. The van der Waals surface area contributed by atoms with Crippen molar-refractivity contribution < 1.29 is 4.74 Å². The molecular formula is C18H21N7OS2. The number of methoxy groups -OCH3 is 1. The van der Waals surface area contributed by atoms with Gasteiger partial charge in [0.2, 0.25) is 11.1 Å². The standard InChI is InChI=1S/C18H21N7OS2/c1-26-15-6-3-2-5-14(15)21-17-22-25(18(27)28-17)13-23-9-11-24(12-10-23)16-19-7-4-8-20-16/h2-8H,9-13H2,1H3,(H,21,22). The molecule has 0 spiro atoms. The number of aromatic nitrogens is 4. The molecule has 1 saturated heterocycles. The van der Waals surface area contributed by atoms with E-state index in [1.54, 1.807) is 19.5 Å². The Morgan fingerprint density at radius 3 is 2.61 bits per heavy atom. The number of rotatable bonds is 6. The summed E-state index contributed by atoms with van der Waals surface area (Å²) in [6.45, 7) is 4.26. The van der Waals surface area contributed by atoms with Crippen LogP contribution in [0.5, 0.6) is 5.75 Å². The van der Waals surface area contributed by atoms with Gasteiger partial charge in [0.05, 0.1) is 19.5 Å². The van der Waals surface area contributed by atoms with Crippen molar-refractivity contribution in [2.45, 2.75) is 6.67 Å². The third-order valence-electron chi connectivity index (χ3n) is 4.50. The van der Waals surface area contributed by atoms with Crippen molar-refractivity contribution in [1.82, 2.24) is 24.6 Å². The number of hydrogen-bond acceptors (Lipinski definition) is 9. The number of para-hydroxylation sites is 2. The molecule has 0 radical (unpaired) electrons. The smallest absolute Gasteiger partial charge is 0.225 e. The molecule has 2 aromatic heterocycles. The van der Waals surface area contributed by atoms with E-state index in [0.29, 0.717) is 6.67 Å². The molecule has 1 fully saturated rings. The summed E-state index contributed by atoms with van der Waals surface area (Å²) in [5.74, 6) is 1.56. The molecule has 0 unspecified atom stereocenters. The summed E-state index contributed by atoms with van der Waals surface area (Å²) in [5.41, 5.74) is 0.873. The summed E-state index contributed by atoms with van der Waals surface area (Å²) in [6, 6.07) is 9.59. The van der Waals surface area contributed by atoms with Crippen LogP contribution in [0.25, 0.3) is 0 Å². The maximum Gasteiger partial charge on any atom is 0.225 e. The number of piperazine rings is 1. The molecule has 3 heterocycles. The Kier molecular flexibility index (Phi) is 5.79. The molecule has 0 bridgehead atoms. The molecule has 8 nitrogen and oxygen atoms in total. The van der Waals surface area contributed by atoms with Gasteiger partial charge in [-0.15, -0.1) is 5.10 Å². The Morgan fingerprint density at radius 1 is 1.11 bits per heavy atom. The van der Waals surface area contributed by atoms with E-state index >= 15 is 0 Å². The van der Waals surface area contributed by atoms with Crippen molar-refractivity contribution in [2.24, 2.45) is 0 Å². The highest BCUT2D eigenvalue weighted by Crippen LogP contribution is 2.28. The van der Waals surface area contributed by atoms with Crippen LogP contribution in [-0.2, 0) is 6.67 Å². The summed E-state index contributed by atoms with van der Waals surface area (Å²) >= 11 is 6.97. The van der Waals surface area contributed by atoms with Gasteiger partial charge in [0.1, 0.15) is 5.75 Å². The maximum absolute atomic E-state index is 5.51. The van der Waals surface area contributed by atoms with Crippen LogP contribution in [0, 0.1) is 3.95 Å². The van der Waals surface area contributed by atoms with Crippen molar-refractivity contribution in [2.75, 3.05) is 43.5 Å². The van der Waals surface area contributed by atoms with Crippen LogP contribution in [0.1, 0.15) is 0 Å². The van der Waals surface area contributed by atoms with Crippen LogP contribution >= 0.6 is 23.6 Å². The Morgan fingerprint density at radius 2 is 1.86 bits per heavy atom. The Bertz CT molecular complexity index is 967. The fourth-order valence-electron chi connectivity index (χ4n) is 3.04. The molecule has 1 aliphatic rings. The van der Waals surface area contributed by atoms with Gasteiger partial charge in [-0.25, -0.2) is 14.6 Å². The molecule has 146 valence electrons. The summed E-state index contributed by atoms with van der Waals surface area (Å²) < 4.78 is 7.99. The molecule has 1 aliphatic heterocycles. The molecular weight excluding hydrogens is 394 g/mol. The van der Waals surface area contributed by atoms with Gasteiger partial charge in [0.15, 0.2) is 3.95 Å². The second-order valence-corrected chi connectivity index (χ2v) is 7.92. The average Bonchev–Trinajstić information content (AvgIpc) is 3.08. The summed E-state index contributed by atoms with van der Waals surface area (Å²) in [7, 11) is 1.65. The van der Waals surface area contributed by atoms with Crippen molar-refractivity contribution in [3.8, 4) is 5.75 Å². The zero-order chi connectivity index (χ0) is 19.3. The van der Waals surface area contributed by atoms with Gasteiger partial charge in [-0.05, 0) is 30.4 Å². The van der Waals surface area contributed by atoms with E-state index in [1.807, 2.05) is 35.0 Å². The lowest BCUT2D eigenvalue weighted by Crippen LogP contribution is -2.47. The number of anilines is 3. The maximum atomic E-state index is 5.51. The minimum Gasteiger partial charge on any atom is -0.495 e. The predicted molar refractivity (Wildman–Crippen MR) is 113 cm³/mol. The Balaban J connectivity index is 1.38. The fraction of sp³-hybridized carbons (Fsp3) is 0.333. The van der Waals surface area contributed by atoms with E-state index in [1.165, 1.54) is 11.3 Å². The first-order valence-electron chi connectivity index (χ1n) is 8.95. The van der Waals surface area contributed by atoms with Gasteiger partial charge in [0.25, 0.3) is 0 Å². The van der Waals surface area contributed by atoms with Crippen LogP contribution in [0.4, 0.5) is 16.8 Å². The summed E-state index contributed by atoms with van der Waals surface area (Å²) in [4.78, 5) is 13.2. The van der Waals surface area contributed by atoms with Gasteiger partial charge in [-0.2, -0.15) is 0 Å². The Labute approximate surface area is 172 Å². The van der Waals surface area contributed by atoms with Gasteiger partial charge in [-0.1, -0.05) is 23.5 Å². The number of nitrogens with one attached hydrogen (secondary N) is 1. The van der Waals surface area contributed by atoms with E-state index in [2.05, 4.69) is 30.2 Å². The number of ether oxygens (including phenoxy) is 1. The van der Waals surface area contributed by atoms with Gasteiger partial charge < -0.3 is 15.0 Å². The molecule has 28 heavy (non-hydrogen) atoms. The van der Waals surface area contributed by atoms with Crippen LogP contribution in [0.3, 0.4) is 0 Å². The SMILES string of the molecule is COc1ccccc1Nc1nn(CN2CCN(c3ncccn3)CC2)c(=S)s1. The summed E-state index contributed by atoms with van der Waals surface area (Å²) in [5, 5.41) is 8.69. The van der Waals surface area contributed by atoms with Crippen molar-refractivity contribution >= 4 is 40.3 Å². The topological polar surface area (TPSA) is 71.3 Å². The lowest BCUT2D eigenvalue weighted by molar-refractivity contribution is 0.194. The van der Waals surface area contributed by atoms with Crippen LogP contribution < -0.4 is 15.0 Å². The third kappa shape index (κ3) is 4.29. The van der Waals surface area contributed by atoms with E-state index < -0.39 is 0 Å². The molecule has 10 heteroatoms. The summed E-state index contributed by atoms with van der Waals surface area (Å²) in [6.07, 6.45) is 3.55. The lowest BCUT2D eigenvalue weighted by atomic mass is 10.3. The first-order chi connectivity index (χ1) is 13.7. The second-order valence-electron chi connectivity index (χ2n) is 6.29. The highest BCUT2D eigenvalue weighted by atomic mass is 32.1. The van der Waals surface area contributed by atoms with Crippen LogP contribution in [0.2, 0.25) is 0 Å². The minimum absolute atomic E-state index is 0.673. The minimum atomic E-state index is 0.673. The monoisotopic (exact) mass is 415 g/mol. The number of hydrogen-bond donors (Lipinski definition) is 1. The quantitative estimate of drug-likeness (QED) is 0.616. The first-order valence-corrected chi connectivity index (χ1v) is 10.2. The molecule has 1 aromatic carbocycles. The lowest BCUT2D eigenvalue weighted by Gasteiger charge is -2.34. The van der Waals surface area contributed by atoms with E-state index in [4.69, 9.17) is 17.0 Å². The largest absolute Gasteiger partial charge is 0.495 e.